The van der Waals surface area contributed by atoms with E-state index in [0.29, 0.717) is 6.54 Å². The lowest BCUT2D eigenvalue weighted by molar-refractivity contribution is 0.173. The van der Waals surface area contributed by atoms with Crippen LogP contribution in [-0.4, -0.2) is 18.2 Å². The van der Waals surface area contributed by atoms with Gasteiger partial charge in [-0.2, -0.15) is 0 Å². The first-order valence-corrected chi connectivity index (χ1v) is 8.10. The standard InChI is InChI=1S/C19H25NO/c1-14-6-7-15(10-14)12-20-13-19(21)18-9-8-16-4-2-3-5-17(16)11-18/h2-5,8-9,11,14-15,19-21H,6-7,10,12-13H2,1H3. The van der Waals surface area contributed by atoms with Gasteiger partial charge in [-0.3, -0.25) is 0 Å². The van der Waals surface area contributed by atoms with E-state index in [2.05, 4.69) is 36.5 Å². The summed E-state index contributed by atoms with van der Waals surface area (Å²) in [5, 5.41) is 16.2. The predicted octanol–water partition coefficient (Wildman–Crippen LogP) is 3.90. The Kier molecular flexibility index (Phi) is 4.57. The van der Waals surface area contributed by atoms with Crippen molar-refractivity contribution >= 4 is 10.8 Å². The Balaban J connectivity index is 1.55. The zero-order chi connectivity index (χ0) is 14.7. The maximum atomic E-state index is 10.3. The fraction of sp³-hybridized carbons (Fsp3) is 0.474. The summed E-state index contributed by atoms with van der Waals surface area (Å²) in [4.78, 5) is 0. The van der Waals surface area contributed by atoms with Crippen molar-refractivity contribution in [2.45, 2.75) is 32.3 Å². The summed E-state index contributed by atoms with van der Waals surface area (Å²) in [6.07, 6.45) is 3.60. The molecule has 2 nitrogen and oxygen atoms in total. The largest absolute Gasteiger partial charge is 0.387 e. The van der Waals surface area contributed by atoms with E-state index in [0.717, 1.165) is 23.9 Å². The van der Waals surface area contributed by atoms with E-state index >= 15 is 0 Å². The van der Waals surface area contributed by atoms with Crippen LogP contribution in [0.15, 0.2) is 42.5 Å². The maximum Gasteiger partial charge on any atom is 0.0914 e. The lowest BCUT2D eigenvalue weighted by atomic mass is 10.0. The summed E-state index contributed by atoms with van der Waals surface area (Å²) in [5.74, 6) is 1.67. The lowest BCUT2D eigenvalue weighted by Gasteiger charge is -2.15. The molecule has 1 aliphatic carbocycles. The van der Waals surface area contributed by atoms with Crippen LogP contribution in [0.4, 0.5) is 0 Å². The van der Waals surface area contributed by atoms with Gasteiger partial charge in [0, 0.05) is 6.54 Å². The molecule has 3 rings (SSSR count). The van der Waals surface area contributed by atoms with Crippen LogP contribution < -0.4 is 5.32 Å². The summed E-state index contributed by atoms with van der Waals surface area (Å²) in [7, 11) is 0. The third kappa shape index (κ3) is 3.63. The summed E-state index contributed by atoms with van der Waals surface area (Å²) < 4.78 is 0. The van der Waals surface area contributed by atoms with Crippen LogP contribution in [0.5, 0.6) is 0 Å². The van der Waals surface area contributed by atoms with Crippen LogP contribution in [0.3, 0.4) is 0 Å². The smallest absolute Gasteiger partial charge is 0.0914 e. The summed E-state index contributed by atoms with van der Waals surface area (Å²) in [6, 6.07) is 14.5. The zero-order valence-electron chi connectivity index (χ0n) is 12.8. The molecule has 2 N–H and O–H groups in total. The minimum absolute atomic E-state index is 0.423. The van der Waals surface area contributed by atoms with Crippen molar-refractivity contribution in [3.8, 4) is 0 Å². The van der Waals surface area contributed by atoms with Crippen molar-refractivity contribution < 1.29 is 5.11 Å². The second-order valence-electron chi connectivity index (χ2n) is 6.56. The van der Waals surface area contributed by atoms with E-state index in [4.69, 9.17) is 0 Å². The number of fused-ring (bicyclic) bond motifs is 1. The van der Waals surface area contributed by atoms with Gasteiger partial charge in [0.25, 0.3) is 0 Å². The Bertz CT molecular complexity index is 595. The van der Waals surface area contributed by atoms with Crippen molar-refractivity contribution in [3.05, 3.63) is 48.0 Å². The highest BCUT2D eigenvalue weighted by Crippen LogP contribution is 2.29. The van der Waals surface area contributed by atoms with E-state index in [-0.39, 0.29) is 0 Å². The molecule has 2 aromatic carbocycles. The molecule has 112 valence electrons. The molecule has 0 aromatic heterocycles. The van der Waals surface area contributed by atoms with E-state index in [9.17, 15) is 5.11 Å². The molecule has 0 radical (unpaired) electrons. The Morgan fingerprint density at radius 3 is 2.71 bits per heavy atom. The van der Waals surface area contributed by atoms with Gasteiger partial charge in [-0.15, -0.1) is 0 Å². The normalized spacial score (nSPS) is 23.5. The van der Waals surface area contributed by atoms with E-state index in [1.165, 1.54) is 30.0 Å². The van der Waals surface area contributed by atoms with Crippen LogP contribution >= 0.6 is 0 Å². The van der Waals surface area contributed by atoms with Gasteiger partial charge in [0.15, 0.2) is 0 Å². The van der Waals surface area contributed by atoms with Crippen molar-refractivity contribution in [1.29, 1.82) is 0 Å². The Morgan fingerprint density at radius 2 is 1.95 bits per heavy atom. The number of rotatable bonds is 5. The van der Waals surface area contributed by atoms with Crippen molar-refractivity contribution in [2.75, 3.05) is 13.1 Å². The van der Waals surface area contributed by atoms with Gasteiger partial charge in [-0.25, -0.2) is 0 Å². The van der Waals surface area contributed by atoms with Gasteiger partial charge < -0.3 is 10.4 Å². The average Bonchev–Trinajstić information content (AvgIpc) is 2.92. The van der Waals surface area contributed by atoms with Crippen LogP contribution in [0.1, 0.15) is 37.9 Å². The fourth-order valence-electron chi connectivity index (χ4n) is 3.47. The van der Waals surface area contributed by atoms with E-state index in [1.807, 2.05) is 18.2 Å². The van der Waals surface area contributed by atoms with Gasteiger partial charge in [-0.05, 0) is 53.6 Å². The molecule has 1 aliphatic rings. The van der Waals surface area contributed by atoms with Gasteiger partial charge in [0.1, 0.15) is 0 Å². The predicted molar refractivity (Wildman–Crippen MR) is 88.3 cm³/mol. The van der Waals surface area contributed by atoms with Gasteiger partial charge in [0.05, 0.1) is 6.10 Å². The number of aliphatic hydroxyl groups excluding tert-OH is 1. The molecular weight excluding hydrogens is 258 g/mol. The van der Waals surface area contributed by atoms with Crippen LogP contribution in [0.2, 0.25) is 0 Å². The zero-order valence-corrected chi connectivity index (χ0v) is 12.8. The highest BCUT2D eigenvalue weighted by Gasteiger charge is 2.21. The first-order valence-electron chi connectivity index (χ1n) is 8.10. The van der Waals surface area contributed by atoms with E-state index in [1.54, 1.807) is 0 Å². The molecule has 3 unspecified atom stereocenters. The highest BCUT2D eigenvalue weighted by molar-refractivity contribution is 5.83. The third-order valence-electron chi connectivity index (χ3n) is 4.73. The average molecular weight is 283 g/mol. The minimum atomic E-state index is -0.423. The fourth-order valence-corrected chi connectivity index (χ4v) is 3.47. The maximum absolute atomic E-state index is 10.3. The SMILES string of the molecule is CC1CCC(CNCC(O)c2ccc3ccccc3c2)C1. The summed E-state index contributed by atoms with van der Waals surface area (Å²) in [6.45, 7) is 4.02. The molecule has 1 fully saturated rings. The number of hydrogen-bond acceptors (Lipinski definition) is 2. The molecule has 0 aliphatic heterocycles. The van der Waals surface area contributed by atoms with Crippen LogP contribution in [0.25, 0.3) is 10.8 Å². The second kappa shape index (κ2) is 6.59. The summed E-state index contributed by atoms with van der Waals surface area (Å²) in [5.41, 5.74) is 1.00. The van der Waals surface area contributed by atoms with Crippen molar-refractivity contribution in [1.82, 2.24) is 5.32 Å². The molecule has 21 heavy (non-hydrogen) atoms. The first kappa shape index (κ1) is 14.6. The van der Waals surface area contributed by atoms with Gasteiger partial charge in [0.2, 0.25) is 0 Å². The van der Waals surface area contributed by atoms with Crippen LogP contribution in [0, 0.1) is 11.8 Å². The van der Waals surface area contributed by atoms with Crippen LogP contribution in [-0.2, 0) is 0 Å². The second-order valence-corrected chi connectivity index (χ2v) is 6.56. The number of hydrogen-bond donors (Lipinski definition) is 2. The molecule has 0 spiro atoms. The number of aliphatic hydroxyl groups is 1. The molecule has 0 bridgehead atoms. The molecule has 2 aromatic rings. The molecule has 1 saturated carbocycles. The Morgan fingerprint density at radius 1 is 1.14 bits per heavy atom. The molecular formula is C19H25NO. The van der Waals surface area contributed by atoms with Crippen molar-refractivity contribution in [3.63, 3.8) is 0 Å². The number of benzene rings is 2. The Labute approximate surface area is 127 Å². The quantitative estimate of drug-likeness (QED) is 0.872. The van der Waals surface area contributed by atoms with E-state index < -0.39 is 6.10 Å². The van der Waals surface area contributed by atoms with Gasteiger partial charge >= 0.3 is 0 Å². The molecule has 0 saturated heterocycles. The molecule has 0 amide bonds. The number of nitrogens with one attached hydrogen (secondary N) is 1. The molecule has 3 atom stereocenters. The van der Waals surface area contributed by atoms with Gasteiger partial charge in [-0.1, -0.05) is 49.7 Å². The van der Waals surface area contributed by atoms with Crippen molar-refractivity contribution in [2.24, 2.45) is 11.8 Å². The monoisotopic (exact) mass is 283 g/mol. The first-order chi connectivity index (χ1) is 10.2. The molecule has 0 heterocycles. The summed E-state index contributed by atoms with van der Waals surface area (Å²) >= 11 is 0. The lowest BCUT2D eigenvalue weighted by Crippen LogP contribution is -2.26. The molecule has 2 heteroatoms. The Hall–Kier alpha value is -1.38. The highest BCUT2D eigenvalue weighted by atomic mass is 16.3. The third-order valence-corrected chi connectivity index (χ3v) is 4.73. The topological polar surface area (TPSA) is 32.3 Å². The minimum Gasteiger partial charge on any atom is -0.387 e.